The van der Waals surface area contributed by atoms with Crippen LogP contribution < -0.4 is 5.73 Å². The van der Waals surface area contributed by atoms with E-state index in [1.54, 1.807) is 6.92 Å². The molecule has 0 aliphatic rings. The highest BCUT2D eigenvalue weighted by molar-refractivity contribution is 5.71. The summed E-state index contributed by atoms with van der Waals surface area (Å²) >= 11 is 0. The summed E-state index contributed by atoms with van der Waals surface area (Å²) in [7, 11) is 0. The van der Waals surface area contributed by atoms with Crippen LogP contribution in [-0.4, -0.2) is 19.1 Å². The van der Waals surface area contributed by atoms with Crippen LogP contribution in [0.4, 0.5) is 0 Å². The van der Waals surface area contributed by atoms with Crippen molar-refractivity contribution in [2.75, 3.05) is 13.2 Å². The SMILES string of the molecule is CCC.CCOC(=O)CN. The number of esters is 1. The van der Waals surface area contributed by atoms with Crippen molar-refractivity contribution < 1.29 is 9.53 Å². The standard InChI is InChI=1S/C4H9NO2.C3H8/c1-2-7-4(6)3-5;1-3-2/h2-3,5H2,1H3;3H2,1-2H3. The second kappa shape index (κ2) is 11.3. The molecule has 3 nitrogen and oxygen atoms in total. The molecule has 0 saturated carbocycles. The van der Waals surface area contributed by atoms with Gasteiger partial charge in [-0.05, 0) is 6.92 Å². The molecule has 0 rings (SSSR count). The van der Waals surface area contributed by atoms with Gasteiger partial charge < -0.3 is 10.5 Å². The Hall–Kier alpha value is -0.570. The highest BCUT2D eigenvalue weighted by Crippen LogP contribution is 1.69. The first-order valence-corrected chi connectivity index (χ1v) is 3.58. The molecule has 0 atom stereocenters. The Labute approximate surface area is 62.5 Å². The largest absolute Gasteiger partial charge is 0.465 e. The zero-order chi connectivity index (χ0) is 8.41. The maximum absolute atomic E-state index is 10.1. The fraction of sp³-hybridized carbons (Fsp3) is 0.857. The van der Waals surface area contributed by atoms with Crippen molar-refractivity contribution in [1.82, 2.24) is 0 Å². The number of hydrogen-bond donors (Lipinski definition) is 1. The average molecular weight is 147 g/mol. The van der Waals surface area contributed by atoms with Gasteiger partial charge in [-0.1, -0.05) is 20.3 Å². The van der Waals surface area contributed by atoms with Gasteiger partial charge in [0.1, 0.15) is 0 Å². The van der Waals surface area contributed by atoms with Crippen LogP contribution >= 0.6 is 0 Å². The van der Waals surface area contributed by atoms with Gasteiger partial charge in [-0.3, -0.25) is 4.79 Å². The van der Waals surface area contributed by atoms with Gasteiger partial charge in [0.05, 0.1) is 13.2 Å². The van der Waals surface area contributed by atoms with E-state index in [0.29, 0.717) is 6.61 Å². The molecule has 0 fully saturated rings. The fourth-order valence-electron chi connectivity index (χ4n) is 0.220. The summed E-state index contributed by atoms with van der Waals surface area (Å²) in [6, 6.07) is 0. The quantitative estimate of drug-likeness (QED) is 0.591. The number of rotatable bonds is 2. The number of ether oxygens (including phenoxy) is 1. The lowest BCUT2D eigenvalue weighted by Gasteiger charge is -1.93. The lowest BCUT2D eigenvalue weighted by molar-refractivity contribution is -0.141. The molecule has 0 amide bonds. The Balaban J connectivity index is 0. The Morgan fingerprint density at radius 2 is 1.80 bits per heavy atom. The zero-order valence-corrected chi connectivity index (χ0v) is 7.02. The molecule has 0 saturated heterocycles. The molecule has 10 heavy (non-hydrogen) atoms. The van der Waals surface area contributed by atoms with E-state index in [1.165, 1.54) is 6.42 Å². The topological polar surface area (TPSA) is 52.3 Å². The van der Waals surface area contributed by atoms with Gasteiger partial charge in [0.15, 0.2) is 0 Å². The van der Waals surface area contributed by atoms with Gasteiger partial charge in [0, 0.05) is 0 Å². The Morgan fingerprint density at radius 1 is 1.40 bits per heavy atom. The summed E-state index contributed by atoms with van der Waals surface area (Å²) < 4.78 is 4.43. The maximum atomic E-state index is 10.1. The molecular formula is C7H17NO2. The monoisotopic (exact) mass is 147 g/mol. The highest BCUT2D eigenvalue weighted by atomic mass is 16.5. The molecule has 0 radical (unpaired) electrons. The first kappa shape index (κ1) is 12.1. The van der Waals surface area contributed by atoms with Crippen molar-refractivity contribution in [2.45, 2.75) is 27.2 Å². The van der Waals surface area contributed by atoms with E-state index in [1.807, 2.05) is 0 Å². The molecule has 0 unspecified atom stereocenters. The molecule has 0 spiro atoms. The molecule has 3 heteroatoms. The summed E-state index contributed by atoms with van der Waals surface area (Å²) in [5.41, 5.74) is 4.88. The molecule has 0 aromatic heterocycles. The van der Waals surface area contributed by atoms with Crippen molar-refractivity contribution in [2.24, 2.45) is 5.73 Å². The smallest absolute Gasteiger partial charge is 0.319 e. The van der Waals surface area contributed by atoms with Crippen LogP contribution in [0.15, 0.2) is 0 Å². The maximum Gasteiger partial charge on any atom is 0.319 e. The molecule has 0 aliphatic carbocycles. The van der Waals surface area contributed by atoms with E-state index in [0.717, 1.165) is 0 Å². The average Bonchev–Trinajstić information content (AvgIpc) is 1.90. The number of hydrogen-bond acceptors (Lipinski definition) is 3. The molecule has 0 aromatic rings. The van der Waals surface area contributed by atoms with Crippen molar-refractivity contribution in [1.29, 1.82) is 0 Å². The molecule has 0 bridgehead atoms. The van der Waals surface area contributed by atoms with E-state index in [9.17, 15) is 4.79 Å². The van der Waals surface area contributed by atoms with E-state index in [2.05, 4.69) is 18.6 Å². The second-order valence-electron chi connectivity index (χ2n) is 1.72. The van der Waals surface area contributed by atoms with E-state index < -0.39 is 0 Å². The first-order chi connectivity index (χ1) is 4.72. The number of carbonyl (C=O) groups excluding carboxylic acids is 1. The third kappa shape index (κ3) is 15.7. The summed E-state index contributed by atoms with van der Waals surface area (Å²) in [5, 5.41) is 0. The van der Waals surface area contributed by atoms with Crippen LogP contribution in [0.2, 0.25) is 0 Å². The Kier molecular flexibility index (Phi) is 13.7. The molecule has 2 N–H and O–H groups in total. The molecule has 62 valence electrons. The Morgan fingerprint density at radius 3 is 1.90 bits per heavy atom. The molecule has 0 aliphatic heterocycles. The molecule has 0 heterocycles. The number of nitrogens with two attached hydrogens (primary N) is 1. The summed E-state index contributed by atoms with van der Waals surface area (Å²) in [4.78, 5) is 10.1. The van der Waals surface area contributed by atoms with E-state index in [-0.39, 0.29) is 12.5 Å². The van der Waals surface area contributed by atoms with Crippen molar-refractivity contribution in [3.05, 3.63) is 0 Å². The first-order valence-electron chi connectivity index (χ1n) is 3.58. The second-order valence-corrected chi connectivity index (χ2v) is 1.72. The minimum absolute atomic E-state index is 0.0200. The van der Waals surface area contributed by atoms with Crippen LogP contribution in [-0.2, 0) is 9.53 Å². The predicted octanol–water partition coefficient (Wildman–Crippen LogP) is 0.924. The van der Waals surface area contributed by atoms with Crippen LogP contribution in [0.1, 0.15) is 27.2 Å². The predicted molar refractivity (Wildman–Crippen MR) is 41.7 cm³/mol. The minimum atomic E-state index is -0.345. The van der Waals surface area contributed by atoms with Crippen LogP contribution in [0.3, 0.4) is 0 Å². The highest BCUT2D eigenvalue weighted by Gasteiger charge is 1.91. The molecular weight excluding hydrogens is 130 g/mol. The molecule has 0 aromatic carbocycles. The zero-order valence-electron chi connectivity index (χ0n) is 7.02. The lowest BCUT2D eigenvalue weighted by atomic mass is 10.6. The summed E-state index contributed by atoms with van der Waals surface area (Å²) in [6.07, 6.45) is 1.25. The third-order valence-electron chi connectivity index (χ3n) is 0.472. The Bertz CT molecular complexity index is 74.0. The van der Waals surface area contributed by atoms with Gasteiger partial charge in [-0.15, -0.1) is 0 Å². The van der Waals surface area contributed by atoms with Crippen molar-refractivity contribution in [3.8, 4) is 0 Å². The van der Waals surface area contributed by atoms with Gasteiger partial charge in [-0.25, -0.2) is 0 Å². The normalized spacial score (nSPS) is 7.60. The number of carbonyl (C=O) groups is 1. The van der Waals surface area contributed by atoms with Crippen LogP contribution in [0.25, 0.3) is 0 Å². The lowest BCUT2D eigenvalue weighted by Crippen LogP contribution is -2.16. The van der Waals surface area contributed by atoms with Crippen LogP contribution in [0.5, 0.6) is 0 Å². The van der Waals surface area contributed by atoms with Gasteiger partial charge in [0.2, 0.25) is 0 Å². The van der Waals surface area contributed by atoms with E-state index >= 15 is 0 Å². The van der Waals surface area contributed by atoms with Gasteiger partial charge in [-0.2, -0.15) is 0 Å². The van der Waals surface area contributed by atoms with Crippen molar-refractivity contribution in [3.63, 3.8) is 0 Å². The summed E-state index contributed by atoms with van der Waals surface area (Å²) in [5.74, 6) is -0.345. The fourth-order valence-corrected chi connectivity index (χ4v) is 0.220. The van der Waals surface area contributed by atoms with Gasteiger partial charge in [0.25, 0.3) is 0 Å². The van der Waals surface area contributed by atoms with E-state index in [4.69, 9.17) is 5.73 Å². The third-order valence-corrected chi connectivity index (χ3v) is 0.472. The van der Waals surface area contributed by atoms with Crippen LogP contribution in [0, 0.1) is 0 Å². The van der Waals surface area contributed by atoms with Gasteiger partial charge >= 0.3 is 5.97 Å². The minimum Gasteiger partial charge on any atom is -0.465 e. The summed E-state index contributed by atoms with van der Waals surface area (Å²) in [6.45, 7) is 6.39. The van der Waals surface area contributed by atoms with Crippen molar-refractivity contribution >= 4 is 5.97 Å².